The van der Waals surface area contributed by atoms with Gasteiger partial charge in [0.25, 0.3) is 0 Å². The summed E-state index contributed by atoms with van der Waals surface area (Å²) in [4.78, 5) is 0. The van der Waals surface area contributed by atoms with E-state index in [2.05, 4.69) is 31.3 Å². The van der Waals surface area contributed by atoms with E-state index in [0.717, 1.165) is 37.4 Å². The van der Waals surface area contributed by atoms with Crippen molar-refractivity contribution in [1.29, 1.82) is 0 Å². The number of nitrogens with one attached hydrogen (secondary N) is 1. The molecule has 0 bridgehead atoms. The van der Waals surface area contributed by atoms with Crippen molar-refractivity contribution >= 4 is 0 Å². The Morgan fingerprint density at radius 2 is 2.08 bits per heavy atom. The molecule has 12 heavy (non-hydrogen) atoms. The van der Waals surface area contributed by atoms with Crippen LogP contribution in [0, 0.1) is 0 Å². The first-order valence-corrected chi connectivity index (χ1v) is 4.65. The highest BCUT2D eigenvalue weighted by atomic mass is 16.5. The van der Waals surface area contributed by atoms with Gasteiger partial charge in [-0.15, -0.1) is 0 Å². The van der Waals surface area contributed by atoms with Crippen molar-refractivity contribution < 1.29 is 4.74 Å². The van der Waals surface area contributed by atoms with Gasteiger partial charge in [-0.3, -0.25) is 0 Å². The van der Waals surface area contributed by atoms with E-state index < -0.39 is 0 Å². The summed E-state index contributed by atoms with van der Waals surface area (Å²) in [5.41, 5.74) is 1.16. The van der Waals surface area contributed by atoms with Crippen LogP contribution in [0.2, 0.25) is 0 Å². The second-order valence-corrected chi connectivity index (χ2v) is 2.78. The van der Waals surface area contributed by atoms with E-state index in [0.29, 0.717) is 0 Å². The Morgan fingerprint density at radius 3 is 2.75 bits per heavy atom. The fourth-order valence-electron chi connectivity index (χ4n) is 1.24. The van der Waals surface area contributed by atoms with Crippen molar-refractivity contribution in [3.63, 3.8) is 0 Å². The highest BCUT2D eigenvalue weighted by Gasteiger charge is 2.09. The lowest BCUT2D eigenvalue weighted by molar-refractivity contribution is 0.196. The third kappa shape index (κ3) is 2.29. The molecule has 0 amide bonds. The third-order valence-corrected chi connectivity index (χ3v) is 1.74. The molecule has 2 heteroatoms. The van der Waals surface area contributed by atoms with Crippen molar-refractivity contribution in [3.05, 3.63) is 23.6 Å². The smallest absolute Gasteiger partial charge is 0.138 e. The van der Waals surface area contributed by atoms with Gasteiger partial charge in [-0.2, -0.15) is 0 Å². The Balaban J connectivity index is 2.67. The molecule has 0 aromatic rings. The molecule has 0 unspecified atom stereocenters. The summed E-state index contributed by atoms with van der Waals surface area (Å²) in [5, 5.41) is 3.32. The van der Waals surface area contributed by atoms with E-state index in [9.17, 15) is 0 Å². The SMILES string of the molecule is CC/C=C1/NCCO/C1=C/CC. The normalized spacial score (nSPS) is 23.8. The standard InChI is InChI=1S/C10H17NO/c1-3-5-9-10(6-4-2)12-8-7-11-9/h5-6,11H,3-4,7-8H2,1-2H3/b9-5+,10-6+. The molecular weight excluding hydrogens is 150 g/mol. The summed E-state index contributed by atoms with van der Waals surface area (Å²) in [5.74, 6) is 1.02. The number of allylic oxidation sites excluding steroid dienone is 2. The lowest BCUT2D eigenvalue weighted by Crippen LogP contribution is -2.27. The molecule has 0 atom stereocenters. The van der Waals surface area contributed by atoms with Crippen LogP contribution in [0.15, 0.2) is 23.6 Å². The topological polar surface area (TPSA) is 21.3 Å². The molecule has 0 aliphatic carbocycles. The van der Waals surface area contributed by atoms with E-state index in [1.54, 1.807) is 0 Å². The average Bonchev–Trinajstić information content (AvgIpc) is 2.09. The van der Waals surface area contributed by atoms with Crippen molar-refractivity contribution in [2.24, 2.45) is 0 Å². The van der Waals surface area contributed by atoms with E-state index in [-0.39, 0.29) is 0 Å². The Morgan fingerprint density at radius 1 is 1.33 bits per heavy atom. The van der Waals surface area contributed by atoms with Crippen LogP contribution in [-0.4, -0.2) is 13.2 Å². The molecule has 0 spiro atoms. The van der Waals surface area contributed by atoms with E-state index in [1.807, 2.05) is 0 Å². The lowest BCUT2D eigenvalue weighted by atomic mass is 10.2. The molecule has 0 aromatic carbocycles. The second-order valence-electron chi connectivity index (χ2n) is 2.78. The van der Waals surface area contributed by atoms with Gasteiger partial charge in [-0.1, -0.05) is 19.9 Å². The molecule has 1 aliphatic rings. The van der Waals surface area contributed by atoms with Crippen LogP contribution in [0.25, 0.3) is 0 Å². The van der Waals surface area contributed by atoms with Crippen LogP contribution in [-0.2, 0) is 4.74 Å². The minimum Gasteiger partial charge on any atom is -0.490 e. The zero-order valence-electron chi connectivity index (χ0n) is 7.89. The van der Waals surface area contributed by atoms with Crippen LogP contribution in [0.1, 0.15) is 26.7 Å². The van der Waals surface area contributed by atoms with Gasteiger partial charge in [0.1, 0.15) is 12.4 Å². The number of rotatable bonds is 2. The lowest BCUT2D eigenvalue weighted by Gasteiger charge is -2.21. The van der Waals surface area contributed by atoms with Gasteiger partial charge in [0.05, 0.1) is 5.70 Å². The van der Waals surface area contributed by atoms with Gasteiger partial charge < -0.3 is 10.1 Å². The minimum absolute atomic E-state index is 0.785. The quantitative estimate of drug-likeness (QED) is 0.680. The molecule has 1 N–H and O–H groups in total. The fourth-order valence-corrected chi connectivity index (χ4v) is 1.24. The summed E-state index contributed by atoms with van der Waals surface area (Å²) in [7, 11) is 0. The first kappa shape index (κ1) is 9.17. The minimum atomic E-state index is 0.785. The van der Waals surface area contributed by atoms with Gasteiger partial charge in [0.15, 0.2) is 0 Å². The molecular formula is C10H17NO. The highest BCUT2D eigenvalue weighted by molar-refractivity contribution is 5.25. The maximum atomic E-state index is 5.51. The number of morpholine rings is 1. The first-order chi connectivity index (χ1) is 5.88. The molecule has 1 fully saturated rings. The zero-order valence-corrected chi connectivity index (χ0v) is 7.89. The van der Waals surface area contributed by atoms with E-state index >= 15 is 0 Å². The zero-order chi connectivity index (χ0) is 8.81. The van der Waals surface area contributed by atoms with Crippen LogP contribution in [0.3, 0.4) is 0 Å². The highest BCUT2D eigenvalue weighted by Crippen LogP contribution is 2.13. The van der Waals surface area contributed by atoms with Gasteiger partial charge in [-0.05, 0) is 18.9 Å². The molecule has 1 aliphatic heterocycles. The fraction of sp³-hybridized carbons (Fsp3) is 0.600. The summed E-state index contributed by atoms with van der Waals surface area (Å²) in [6.07, 6.45) is 6.36. The van der Waals surface area contributed by atoms with Gasteiger partial charge in [-0.25, -0.2) is 0 Å². The number of hydrogen-bond donors (Lipinski definition) is 1. The number of ether oxygens (including phenoxy) is 1. The first-order valence-electron chi connectivity index (χ1n) is 4.65. The largest absolute Gasteiger partial charge is 0.490 e. The molecule has 1 saturated heterocycles. The maximum absolute atomic E-state index is 5.51. The van der Waals surface area contributed by atoms with Crippen LogP contribution in [0.5, 0.6) is 0 Å². The van der Waals surface area contributed by atoms with Crippen molar-refractivity contribution in [1.82, 2.24) is 5.32 Å². The Labute approximate surface area is 74.3 Å². The molecule has 68 valence electrons. The Kier molecular flexibility index (Phi) is 3.71. The summed E-state index contributed by atoms with van der Waals surface area (Å²) >= 11 is 0. The number of hydrogen-bond acceptors (Lipinski definition) is 2. The molecule has 1 rings (SSSR count). The molecule has 2 nitrogen and oxygen atoms in total. The van der Waals surface area contributed by atoms with Crippen molar-refractivity contribution in [2.45, 2.75) is 26.7 Å². The monoisotopic (exact) mass is 167 g/mol. The summed E-state index contributed by atoms with van der Waals surface area (Å²) < 4.78 is 5.51. The van der Waals surface area contributed by atoms with Crippen molar-refractivity contribution in [3.8, 4) is 0 Å². The Hall–Kier alpha value is -0.920. The predicted molar refractivity (Wildman–Crippen MR) is 50.7 cm³/mol. The predicted octanol–water partition coefficient (Wildman–Crippen LogP) is 2.19. The van der Waals surface area contributed by atoms with Crippen LogP contribution in [0.4, 0.5) is 0 Å². The molecule has 0 saturated carbocycles. The van der Waals surface area contributed by atoms with Crippen LogP contribution < -0.4 is 5.32 Å². The maximum Gasteiger partial charge on any atom is 0.138 e. The second kappa shape index (κ2) is 4.86. The summed E-state index contributed by atoms with van der Waals surface area (Å²) in [6, 6.07) is 0. The van der Waals surface area contributed by atoms with Gasteiger partial charge in [0, 0.05) is 6.54 Å². The van der Waals surface area contributed by atoms with E-state index in [4.69, 9.17) is 4.74 Å². The van der Waals surface area contributed by atoms with E-state index in [1.165, 1.54) is 0 Å². The molecule has 0 radical (unpaired) electrons. The Bertz CT molecular complexity index is 172. The van der Waals surface area contributed by atoms with Crippen molar-refractivity contribution in [2.75, 3.05) is 13.2 Å². The van der Waals surface area contributed by atoms with Gasteiger partial charge >= 0.3 is 0 Å². The third-order valence-electron chi connectivity index (χ3n) is 1.74. The average molecular weight is 167 g/mol. The molecule has 0 aromatic heterocycles. The molecule has 1 heterocycles. The van der Waals surface area contributed by atoms with Gasteiger partial charge in [0.2, 0.25) is 0 Å². The van der Waals surface area contributed by atoms with Crippen LogP contribution >= 0.6 is 0 Å². The summed E-state index contributed by atoms with van der Waals surface area (Å²) in [6.45, 7) is 5.96.